The summed E-state index contributed by atoms with van der Waals surface area (Å²) in [6.07, 6.45) is 0.721. The Balaban J connectivity index is 3.87. The summed E-state index contributed by atoms with van der Waals surface area (Å²) < 4.78 is 0. The summed E-state index contributed by atoms with van der Waals surface area (Å²) in [6.45, 7) is 8.77. The lowest BCUT2D eigenvalue weighted by atomic mass is 9.88. The van der Waals surface area contributed by atoms with Gasteiger partial charge in [0.05, 0.1) is 6.04 Å². The summed E-state index contributed by atoms with van der Waals surface area (Å²) in [5, 5.41) is 2.70. The van der Waals surface area contributed by atoms with Crippen LogP contribution in [0.15, 0.2) is 0 Å². The fourth-order valence-electron chi connectivity index (χ4n) is 1.06. The first-order valence-electron chi connectivity index (χ1n) is 4.40. The molecule has 0 aliphatic rings. The van der Waals surface area contributed by atoms with Gasteiger partial charge in [-0.25, -0.2) is 0 Å². The van der Waals surface area contributed by atoms with E-state index in [9.17, 15) is 4.79 Å². The SMILES string of the molecule is CCNC(=O)C(N)CC(C)(C)C. The Hall–Kier alpha value is -0.570. The number of carbonyl (C=O) groups excluding carboxylic acids is 1. The van der Waals surface area contributed by atoms with Crippen molar-refractivity contribution in [2.24, 2.45) is 11.1 Å². The molecule has 12 heavy (non-hydrogen) atoms. The summed E-state index contributed by atoms with van der Waals surface area (Å²) >= 11 is 0. The number of likely N-dealkylation sites (N-methyl/N-ethyl adjacent to an activating group) is 1. The van der Waals surface area contributed by atoms with Gasteiger partial charge in [0.15, 0.2) is 0 Å². The van der Waals surface area contributed by atoms with E-state index in [0.717, 1.165) is 6.42 Å². The van der Waals surface area contributed by atoms with Gasteiger partial charge in [0.25, 0.3) is 0 Å². The number of hydrogen-bond acceptors (Lipinski definition) is 2. The molecule has 1 unspecified atom stereocenters. The average Bonchev–Trinajstić information content (AvgIpc) is 1.84. The second-order valence-corrected chi connectivity index (χ2v) is 4.27. The molecule has 0 saturated heterocycles. The zero-order valence-corrected chi connectivity index (χ0v) is 8.48. The average molecular weight is 172 g/mol. The van der Waals surface area contributed by atoms with Crippen molar-refractivity contribution < 1.29 is 4.79 Å². The summed E-state index contributed by atoms with van der Waals surface area (Å²) in [4.78, 5) is 11.2. The maximum absolute atomic E-state index is 11.2. The first-order valence-corrected chi connectivity index (χ1v) is 4.40. The van der Waals surface area contributed by atoms with Crippen LogP contribution in [0.1, 0.15) is 34.1 Å². The molecule has 0 aliphatic heterocycles. The Kier molecular flexibility index (Phi) is 4.24. The second kappa shape index (κ2) is 4.45. The van der Waals surface area contributed by atoms with Gasteiger partial charge in [-0.2, -0.15) is 0 Å². The molecule has 1 atom stereocenters. The van der Waals surface area contributed by atoms with Crippen LogP contribution in [0, 0.1) is 5.41 Å². The highest BCUT2D eigenvalue weighted by molar-refractivity contribution is 5.81. The third kappa shape index (κ3) is 5.13. The summed E-state index contributed by atoms with van der Waals surface area (Å²) in [5.41, 5.74) is 5.79. The molecule has 0 aromatic carbocycles. The highest BCUT2D eigenvalue weighted by Crippen LogP contribution is 2.19. The lowest BCUT2D eigenvalue weighted by Crippen LogP contribution is -2.42. The number of hydrogen-bond donors (Lipinski definition) is 2. The van der Waals surface area contributed by atoms with Crippen molar-refractivity contribution in [2.45, 2.75) is 40.2 Å². The molecular formula is C9H20N2O. The minimum absolute atomic E-state index is 0.0487. The third-order valence-corrected chi connectivity index (χ3v) is 1.52. The Bertz CT molecular complexity index is 149. The zero-order valence-electron chi connectivity index (χ0n) is 8.48. The number of nitrogens with one attached hydrogen (secondary N) is 1. The van der Waals surface area contributed by atoms with Crippen molar-refractivity contribution in [1.29, 1.82) is 0 Å². The Morgan fingerprint density at radius 1 is 1.50 bits per heavy atom. The van der Waals surface area contributed by atoms with Gasteiger partial charge in [-0.05, 0) is 18.8 Å². The highest BCUT2D eigenvalue weighted by atomic mass is 16.2. The molecule has 1 amide bonds. The molecule has 3 nitrogen and oxygen atoms in total. The Morgan fingerprint density at radius 3 is 2.33 bits per heavy atom. The van der Waals surface area contributed by atoms with Crippen LogP contribution in [0.2, 0.25) is 0 Å². The van der Waals surface area contributed by atoms with Gasteiger partial charge in [-0.1, -0.05) is 20.8 Å². The maximum atomic E-state index is 11.2. The molecule has 0 fully saturated rings. The van der Waals surface area contributed by atoms with Crippen molar-refractivity contribution >= 4 is 5.91 Å². The molecule has 3 heteroatoms. The molecule has 0 spiro atoms. The van der Waals surface area contributed by atoms with Crippen LogP contribution in [0.3, 0.4) is 0 Å². The van der Waals surface area contributed by atoms with Crippen molar-refractivity contribution in [2.75, 3.05) is 6.54 Å². The van der Waals surface area contributed by atoms with E-state index in [2.05, 4.69) is 26.1 Å². The van der Waals surface area contributed by atoms with E-state index < -0.39 is 0 Å². The van der Waals surface area contributed by atoms with Gasteiger partial charge >= 0.3 is 0 Å². The molecule has 0 aromatic heterocycles. The summed E-state index contributed by atoms with van der Waals surface area (Å²) in [5.74, 6) is -0.0487. The van der Waals surface area contributed by atoms with Crippen LogP contribution in [0.5, 0.6) is 0 Å². The molecule has 0 aliphatic carbocycles. The predicted molar refractivity (Wildman–Crippen MR) is 50.7 cm³/mol. The maximum Gasteiger partial charge on any atom is 0.236 e. The first kappa shape index (κ1) is 11.4. The van der Waals surface area contributed by atoms with Crippen LogP contribution in [0.25, 0.3) is 0 Å². The van der Waals surface area contributed by atoms with Gasteiger partial charge in [0.2, 0.25) is 5.91 Å². The van der Waals surface area contributed by atoms with Crippen molar-refractivity contribution in [3.05, 3.63) is 0 Å². The lowest BCUT2D eigenvalue weighted by molar-refractivity contribution is -0.122. The fourth-order valence-corrected chi connectivity index (χ4v) is 1.06. The minimum atomic E-state index is -0.370. The largest absolute Gasteiger partial charge is 0.355 e. The van der Waals surface area contributed by atoms with Gasteiger partial charge < -0.3 is 11.1 Å². The fraction of sp³-hybridized carbons (Fsp3) is 0.889. The minimum Gasteiger partial charge on any atom is -0.355 e. The molecule has 3 N–H and O–H groups in total. The molecule has 0 heterocycles. The van der Waals surface area contributed by atoms with E-state index in [1.807, 2.05) is 6.92 Å². The monoisotopic (exact) mass is 172 g/mol. The molecule has 0 aromatic rings. The van der Waals surface area contributed by atoms with Gasteiger partial charge in [-0.3, -0.25) is 4.79 Å². The van der Waals surface area contributed by atoms with E-state index in [4.69, 9.17) is 5.73 Å². The van der Waals surface area contributed by atoms with E-state index >= 15 is 0 Å². The van der Waals surface area contributed by atoms with Crippen LogP contribution in [-0.2, 0) is 4.79 Å². The van der Waals surface area contributed by atoms with E-state index in [1.54, 1.807) is 0 Å². The Labute approximate surface area is 74.7 Å². The van der Waals surface area contributed by atoms with Crippen LogP contribution in [-0.4, -0.2) is 18.5 Å². The number of nitrogens with two attached hydrogens (primary N) is 1. The predicted octanol–water partition coefficient (Wildman–Crippen LogP) is 0.886. The Morgan fingerprint density at radius 2 is 2.00 bits per heavy atom. The van der Waals surface area contributed by atoms with E-state index in [-0.39, 0.29) is 17.4 Å². The van der Waals surface area contributed by atoms with Crippen LogP contribution >= 0.6 is 0 Å². The van der Waals surface area contributed by atoms with Crippen LogP contribution in [0.4, 0.5) is 0 Å². The number of carbonyl (C=O) groups is 1. The van der Waals surface area contributed by atoms with E-state index in [1.165, 1.54) is 0 Å². The number of amides is 1. The molecule has 0 saturated carbocycles. The van der Waals surface area contributed by atoms with Gasteiger partial charge in [0.1, 0.15) is 0 Å². The topological polar surface area (TPSA) is 55.1 Å². The second-order valence-electron chi connectivity index (χ2n) is 4.27. The van der Waals surface area contributed by atoms with Crippen molar-refractivity contribution in [3.8, 4) is 0 Å². The molecule has 0 bridgehead atoms. The molecular weight excluding hydrogens is 152 g/mol. The lowest BCUT2D eigenvalue weighted by Gasteiger charge is -2.22. The highest BCUT2D eigenvalue weighted by Gasteiger charge is 2.20. The smallest absolute Gasteiger partial charge is 0.236 e. The van der Waals surface area contributed by atoms with Gasteiger partial charge in [-0.15, -0.1) is 0 Å². The standard InChI is InChI=1S/C9H20N2O/c1-5-11-8(12)7(10)6-9(2,3)4/h7H,5-6,10H2,1-4H3,(H,11,12). The molecule has 0 rings (SSSR count). The summed E-state index contributed by atoms with van der Waals surface area (Å²) in [6, 6.07) is -0.370. The van der Waals surface area contributed by atoms with E-state index in [0.29, 0.717) is 6.54 Å². The number of rotatable bonds is 3. The molecule has 72 valence electrons. The normalized spacial score (nSPS) is 14.1. The first-order chi connectivity index (χ1) is 5.37. The van der Waals surface area contributed by atoms with Crippen molar-refractivity contribution in [3.63, 3.8) is 0 Å². The van der Waals surface area contributed by atoms with Crippen molar-refractivity contribution in [1.82, 2.24) is 5.32 Å². The van der Waals surface area contributed by atoms with Gasteiger partial charge in [0, 0.05) is 6.54 Å². The third-order valence-electron chi connectivity index (χ3n) is 1.52. The van der Waals surface area contributed by atoms with Crippen LogP contribution < -0.4 is 11.1 Å². The summed E-state index contributed by atoms with van der Waals surface area (Å²) in [7, 11) is 0. The quantitative estimate of drug-likeness (QED) is 0.664. The zero-order chi connectivity index (χ0) is 9.78. The molecule has 0 radical (unpaired) electrons.